The number of carbonyl (C=O) groups is 1. The van der Waals surface area contributed by atoms with Crippen LogP contribution in [0.3, 0.4) is 0 Å². The first kappa shape index (κ1) is 11.0. The highest BCUT2D eigenvalue weighted by molar-refractivity contribution is 5.60. The van der Waals surface area contributed by atoms with Gasteiger partial charge in [-0.25, -0.2) is 4.79 Å². The summed E-state index contributed by atoms with van der Waals surface area (Å²) in [4.78, 5) is 10.9. The minimum atomic E-state index is -0.615. The van der Waals surface area contributed by atoms with E-state index in [2.05, 4.69) is 0 Å². The van der Waals surface area contributed by atoms with E-state index in [0.717, 1.165) is 0 Å². The van der Waals surface area contributed by atoms with E-state index in [0.29, 0.717) is 0 Å². The molecule has 0 radical (unpaired) electrons. The van der Waals surface area contributed by atoms with Crippen molar-refractivity contribution in [2.45, 2.75) is 39.9 Å². The van der Waals surface area contributed by atoms with Crippen LogP contribution in [0.1, 0.15) is 27.7 Å². The number of allylic oxidation sites excluding steroid dienone is 1. The Balaban J connectivity index is 3.69. The van der Waals surface area contributed by atoms with Crippen molar-refractivity contribution < 1.29 is 14.3 Å². The van der Waals surface area contributed by atoms with Crippen molar-refractivity contribution in [2.75, 3.05) is 0 Å². The van der Waals surface area contributed by atoms with Crippen molar-refractivity contribution in [1.82, 2.24) is 0 Å². The molecule has 0 aliphatic rings. The van der Waals surface area contributed by atoms with Crippen LogP contribution in [0.25, 0.3) is 0 Å². The molecule has 0 aliphatic carbocycles. The molecule has 0 unspecified atom stereocenters. The summed E-state index contributed by atoms with van der Waals surface area (Å²) in [6.45, 7) is 7.21. The van der Waals surface area contributed by atoms with E-state index in [9.17, 15) is 4.79 Å². The van der Waals surface area contributed by atoms with Crippen LogP contribution >= 0.6 is 0 Å². The molecule has 0 spiro atoms. The van der Waals surface area contributed by atoms with E-state index >= 15 is 0 Å². The first-order valence-corrected chi connectivity index (χ1v) is 4.06. The van der Waals surface area contributed by atoms with Crippen molar-refractivity contribution in [1.29, 1.82) is 0 Å². The lowest BCUT2D eigenvalue weighted by atomic mass is 10.4. The molecule has 1 atom stereocenters. The smallest absolute Gasteiger partial charge is 0.432 e. The van der Waals surface area contributed by atoms with E-state index in [4.69, 9.17) is 9.47 Å². The maximum absolute atomic E-state index is 10.9. The predicted octanol–water partition coefficient (Wildman–Crippen LogP) is 2.51. The molecule has 0 N–H and O–H groups in total. The zero-order valence-electron chi connectivity index (χ0n) is 8.03. The van der Waals surface area contributed by atoms with Crippen LogP contribution in [0.15, 0.2) is 12.2 Å². The molecule has 0 fully saturated rings. The van der Waals surface area contributed by atoms with E-state index in [1.165, 1.54) is 0 Å². The van der Waals surface area contributed by atoms with Gasteiger partial charge in [-0.05, 0) is 33.8 Å². The number of carbonyl (C=O) groups excluding carboxylic acids is 1. The van der Waals surface area contributed by atoms with Gasteiger partial charge < -0.3 is 9.47 Å². The highest BCUT2D eigenvalue weighted by atomic mass is 16.7. The molecular weight excluding hydrogens is 156 g/mol. The molecule has 0 amide bonds. The number of rotatable bonds is 3. The maximum Gasteiger partial charge on any atom is 0.509 e. The zero-order chi connectivity index (χ0) is 9.56. The zero-order valence-corrected chi connectivity index (χ0v) is 8.03. The van der Waals surface area contributed by atoms with Gasteiger partial charge in [-0.2, -0.15) is 0 Å². The Bertz CT molecular complexity index is 161. The molecule has 0 rings (SSSR count). The summed E-state index contributed by atoms with van der Waals surface area (Å²) in [5, 5.41) is 0. The van der Waals surface area contributed by atoms with Crippen molar-refractivity contribution in [2.24, 2.45) is 0 Å². The van der Waals surface area contributed by atoms with Gasteiger partial charge in [0.25, 0.3) is 0 Å². The number of hydrogen-bond donors (Lipinski definition) is 0. The van der Waals surface area contributed by atoms with E-state index in [1.807, 2.05) is 13.0 Å². The average Bonchev–Trinajstić information content (AvgIpc) is 1.84. The van der Waals surface area contributed by atoms with Crippen LogP contribution < -0.4 is 0 Å². The number of ether oxygens (including phenoxy) is 2. The summed E-state index contributed by atoms with van der Waals surface area (Å²) in [6.07, 6.45) is 2.64. The lowest BCUT2D eigenvalue weighted by Gasteiger charge is -2.11. The van der Waals surface area contributed by atoms with Crippen molar-refractivity contribution in [3.8, 4) is 0 Å². The van der Waals surface area contributed by atoms with Crippen molar-refractivity contribution in [3.05, 3.63) is 12.2 Å². The normalized spacial score (nSPS) is 13.4. The Morgan fingerprint density at radius 3 is 2.25 bits per heavy atom. The second kappa shape index (κ2) is 5.63. The highest BCUT2D eigenvalue weighted by Gasteiger charge is 2.08. The van der Waals surface area contributed by atoms with Crippen LogP contribution in [-0.2, 0) is 9.47 Å². The summed E-state index contributed by atoms with van der Waals surface area (Å²) >= 11 is 0. The largest absolute Gasteiger partial charge is 0.509 e. The van der Waals surface area contributed by atoms with Crippen molar-refractivity contribution in [3.63, 3.8) is 0 Å². The Labute approximate surface area is 73.4 Å². The molecule has 0 aromatic rings. The predicted molar refractivity (Wildman–Crippen MR) is 47.0 cm³/mol. The average molecular weight is 172 g/mol. The third-order valence-electron chi connectivity index (χ3n) is 1.08. The minimum absolute atomic E-state index is 0.129. The van der Waals surface area contributed by atoms with Crippen LogP contribution in [0.5, 0.6) is 0 Å². The Morgan fingerprint density at radius 1 is 1.25 bits per heavy atom. The maximum atomic E-state index is 10.9. The lowest BCUT2D eigenvalue weighted by Crippen LogP contribution is -2.17. The third kappa shape index (κ3) is 5.77. The van der Waals surface area contributed by atoms with Crippen LogP contribution in [-0.4, -0.2) is 18.4 Å². The third-order valence-corrected chi connectivity index (χ3v) is 1.08. The monoisotopic (exact) mass is 172 g/mol. The summed E-state index contributed by atoms with van der Waals surface area (Å²) in [7, 11) is 0. The van der Waals surface area contributed by atoms with Gasteiger partial charge in [0.15, 0.2) is 0 Å². The molecule has 0 aliphatic heterocycles. The van der Waals surface area contributed by atoms with Crippen LogP contribution in [0, 0.1) is 0 Å². The summed E-state index contributed by atoms with van der Waals surface area (Å²) < 4.78 is 9.63. The van der Waals surface area contributed by atoms with Gasteiger partial charge in [0, 0.05) is 0 Å². The molecular formula is C9H16O3. The fourth-order valence-electron chi connectivity index (χ4n) is 0.682. The fourth-order valence-corrected chi connectivity index (χ4v) is 0.682. The Kier molecular flexibility index (Phi) is 5.17. The number of hydrogen-bond acceptors (Lipinski definition) is 3. The SMILES string of the molecule is C/C=C/[C@@H](C)OC(=O)OC(C)C. The van der Waals surface area contributed by atoms with E-state index in [-0.39, 0.29) is 12.2 Å². The molecule has 3 nitrogen and oxygen atoms in total. The fraction of sp³-hybridized carbons (Fsp3) is 0.667. The molecule has 0 heterocycles. The standard InChI is InChI=1S/C9H16O3/c1-5-6-8(4)12-9(10)11-7(2)3/h5-8H,1-4H3/b6-5+/t8-/m1/s1. The molecule has 0 bridgehead atoms. The summed E-state index contributed by atoms with van der Waals surface area (Å²) in [5.41, 5.74) is 0. The highest BCUT2D eigenvalue weighted by Crippen LogP contribution is 1.98. The lowest BCUT2D eigenvalue weighted by molar-refractivity contribution is 0.0230. The molecule has 0 saturated heterocycles. The first-order valence-electron chi connectivity index (χ1n) is 4.06. The van der Waals surface area contributed by atoms with Gasteiger partial charge in [-0.15, -0.1) is 0 Å². The quantitative estimate of drug-likeness (QED) is 0.484. The topological polar surface area (TPSA) is 35.5 Å². The first-order chi connectivity index (χ1) is 5.56. The van der Waals surface area contributed by atoms with Gasteiger partial charge in [0.2, 0.25) is 0 Å². The van der Waals surface area contributed by atoms with E-state index < -0.39 is 6.16 Å². The Hall–Kier alpha value is -0.990. The van der Waals surface area contributed by atoms with Crippen LogP contribution in [0.2, 0.25) is 0 Å². The minimum Gasteiger partial charge on any atom is -0.432 e. The van der Waals surface area contributed by atoms with Gasteiger partial charge in [-0.3, -0.25) is 0 Å². The molecule has 0 aromatic heterocycles. The van der Waals surface area contributed by atoms with Gasteiger partial charge >= 0.3 is 6.16 Å². The van der Waals surface area contributed by atoms with Gasteiger partial charge in [0.1, 0.15) is 6.10 Å². The molecule has 3 heteroatoms. The second-order valence-electron chi connectivity index (χ2n) is 2.77. The van der Waals surface area contributed by atoms with Crippen LogP contribution in [0.4, 0.5) is 4.79 Å². The molecule has 12 heavy (non-hydrogen) atoms. The Morgan fingerprint density at radius 2 is 1.83 bits per heavy atom. The van der Waals surface area contributed by atoms with Gasteiger partial charge in [-0.1, -0.05) is 6.08 Å². The summed E-state index contributed by atoms with van der Waals surface area (Å²) in [5.74, 6) is 0. The molecule has 0 aromatic carbocycles. The summed E-state index contributed by atoms with van der Waals surface area (Å²) in [6, 6.07) is 0. The second-order valence-corrected chi connectivity index (χ2v) is 2.77. The van der Waals surface area contributed by atoms with E-state index in [1.54, 1.807) is 26.8 Å². The van der Waals surface area contributed by atoms with Crippen molar-refractivity contribution >= 4 is 6.16 Å². The van der Waals surface area contributed by atoms with Gasteiger partial charge in [0.05, 0.1) is 6.10 Å². The molecule has 0 saturated carbocycles. The molecule has 70 valence electrons.